The van der Waals surface area contributed by atoms with E-state index in [1.165, 1.54) is 4.90 Å². The number of ether oxygens (including phenoxy) is 1. The summed E-state index contributed by atoms with van der Waals surface area (Å²) in [5, 5.41) is 3.24. The number of carbonyl (C=O) groups excluding carboxylic acids is 2. The predicted octanol–water partition coefficient (Wildman–Crippen LogP) is 5.01. The first-order valence-electron chi connectivity index (χ1n) is 9.44. The van der Waals surface area contributed by atoms with Gasteiger partial charge in [-0.25, -0.2) is 4.79 Å². The average molecular weight is 419 g/mol. The molecule has 30 heavy (non-hydrogen) atoms. The third-order valence-corrected chi connectivity index (χ3v) is 4.91. The van der Waals surface area contributed by atoms with Crippen LogP contribution in [0.25, 0.3) is 6.08 Å². The summed E-state index contributed by atoms with van der Waals surface area (Å²) in [6, 6.07) is 23.9. The van der Waals surface area contributed by atoms with Crippen molar-refractivity contribution >= 4 is 29.6 Å². The van der Waals surface area contributed by atoms with Crippen LogP contribution in [-0.2, 0) is 17.9 Å². The van der Waals surface area contributed by atoms with Crippen LogP contribution in [-0.4, -0.2) is 16.8 Å². The van der Waals surface area contributed by atoms with Crippen LogP contribution in [0, 0.1) is 0 Å². The highest BCUT2D eigenvalue weighted by Gasteiger charge is 2.33. The largest absolute Gasteiger partial charge is 0.489 e. The lowest BCUT2D eigenvalue weighted by Gasteiger charge is -2.11. The number of nitrogens with zero attached hydrogens (tertiary/aromatic N) is 1. The Bertz CT molecular complexity index is 1080. The number of hydrogen-bond acceptors (Lipinski definition) is 3. The average Bonchev–Trinajstić information content (AvgIpc) is 3.03. The van der Waals surface area contributed by atoms with Crippen LogP contribution in [0.15, 0.2) is 84.6 Å². The van der Waals surface area contributed by atoms with E-state index in [9.17, 15) is 9.59 Å². The van der Waals surface area contributed by atoms with Crippen LogP contribution in [0.3, 0.4) is 0 Å². The van der Waals surface area contributed by atoms with Crippen molar-refractivity contribution in [1.29, 1.82) is 0 Å². The number of amides is 3. The fourth-order valence-corrected chi connectivity index (χ4v) is 3.18. The zero-order valence-electron chi connectivity index (χ0n) is 16.0. The number of halogens is 1. The van der Waals surface area contributed by atoms with E-state index >= 15 is 0 Å². The monoisotopic (exact) mass is 418 g/mol. The molecule has 6 heteroatoms. The lowest BCUT2D eigenvalue weighted by molar-refractivity contribution is -0.123. The van der Waals surface area contributed by atoms with Gasteiger partial charge >= 0.3 is 6.03 Å². The van der Waals surface area contributed by atoms with Crippen molar-refractivity contribution in [2.24, 2.45) is 0 Å². The summed E-state index contributed by atoms with van der Waals surface area (Å²) in [4.78, 5) is 26.1. The van der Waals surface area contributed by atoms with Crippen molar-refractivity contribution < 1.29 is 14.3 Å². The summed E-state index contributed by atoms with van der Waals surface area (Å²) in [6.45, 7) is 0.668. The van der Waals surface area contributed by atoms with E-state index in [0.29, 0.717) is 11.6 Å². The van der Waals surface area contributed by atoms with Crippen LogP contribution >= 0.6 is 11.6 Å². The lowest BCUT2D eigenvalue weighted by atomic mass is 10.1. The molecule has 3 aromatic carbocycles. The van der Waals surface area contributed by atoms with E-state index in [0.717, 1.165) is 22.4 Å². The van der Waals surface area contributed by atoms with E-state index in [-0.39, 0.29) is 18.1 Å². The molecule has 0 unspecified atom stereocenters. The number of rotatable bonds is 6. The van der Waals surface area contributed by atoms with Gasteiger partial charge in [-0.1, -0.05) is 66.2 Å². The maximum Gasteiger partial charge on any atom is 0.329 e. The number of nitrogens with one attached hydrogen (secondary N) is 1. The third kappa shape index (κ3) is 4.70. The van der Waals surface area contributed by atoms with Crippen molar-refractivity contribution in [1.82, 2.24) is 10.2 Å². The Balaban J connectivity index is 1.41. The van der Waals surface area contributed by atoms with Gasteiger partial charge in [-0.2, -0.15) is 0 Å². The van der Waals surface area contributed by atoms with Crippen molar-refractivity contribution in [3.63, 3.8) is 0 Å². The van der Waals surface area contributed by atoms with Gasteiger partial charge in [0.25, 0.3) is 5.91 Å². The van der Waals surface area contributed by atoms with Crippen molar-refractivity contribution in [2.75, 3.05) is 0 Å². The molecule has 5 nitrogen and oxygen atoms in total. The van der Waals surface area contributed by atoms with Crippen LogP contribution in [0.4, 0.5) is 4.79 Å². The number of urea groups is 1. The van der Waals surface area contributed by atoms with Gasteiger partial charge in [-0.15, -0.1) is 0 Å². The van der Waals surface area contributed by atoms with Crippen LogP contribution in [0.1, 0.15) is 16.7 Å². The molecular weight excluding hydrogens is 400 g/mol. The molecule has 0 atom stereocenters. The quantitative estimate of drug-likeness (QED) is 0.452. The Hall–Kier alpha value is -3.57. The molecular formula is C24H19ClN2O3. The second-order valence-electron chi connectivity index (χ2n) is 6.85. The first kappa shape index (κ1) is 19.7. The van der Waals surface area contributed by atoms with Crippen molar-refractivity contribution in [3.05, 3.63) is 106 Å². The van der Waals surface area contributed by atoms with Gasteiger partial charge in [0.2, 0.25) is 0 Å². The fraction of sp³-hybridized carbons (Fsp3) is 0.0833. The van der Waals surface area contributed by atoms with Gasteiger partial charge in [-0.05, 0) is 47.0 Å². The SMILES string of the molecule is O=C1N/C(=C\c2ccc(OCc3ccccc3)cc2)C(=O)N1Cc1ccc(Cl)cc1. The molecule has 0 spiro atoms. The molecule has 1 fully saturated rings. The van der Waals surface area contributed by atoms with Gasteiger partial charge in [-0.3, -0.25) is 9.69 Å². The maximum atomic E-state index is 12.6. The predicted molar refractivity (Wildman–Crippen MR) is 116 cm³/mol. The molecule has 3 amide bonds. The topological polar surface area (TPSA) is 58.6 Å². The minimum atomic E-state index is -0.441. The highest BCUT2D eigenvalue weighted by atomic mass is 35.5. The third-order valence-electron chi connectivity index (χ3n) is 4.66. The molecule has 1 saturated heterocycles. The summed E-state index contributed by atoms with van der Waals surface area (Å²) >= 11 is 5.88. The minimum absolute atomic E-state index is 0.186. The second kappa shape index (κ2) is 8.84. The van der Waals surface area contributed by atoms with Gasteiger partial charge < -0.3 is 10.1 Å². The maximum absolute atomic E-state index is 12.6. The molecule has 0 bridgehead atoms. The van der Waals surface area contributed by atoms with Crippen molar-refractivity contribution in [2.45, 2.75) is 13.2 Å². The lowest BCUT2D eigenvalue weighted by Crippen LogP contribution is -2.30. The highest BCUT2D eigenvalue weighted by molar-refractivity contribution is 6.30. The van der Waals surface area contributed by atoms with E-state index in [2.05, 4.69) is 5.32 Å². The van der Waals surface area contributed by atoms with Crippen LogP contribution < -0.4 is 10.1 Å². The van der Waals surface area contributed by atoms with E-state index in [1.807, 2.05) is 54.6 Å². The Morgan fingerprint density at radius 2 is 1.57 bits per heavy atom. The number of carbonyl (C=O) groups is 2. The summed E-state index contributed by atoms with van der Waals surface area (Å²) in [5.41, 5.74) is 2.94. The van der Waals surface area contributed by atoms with Gasteiger partial charge in [0.15, 0.2) is 0 Å². The van der Waals surface area contributed by atoms with Crippen molar-refractivity contribution in [3.8, 4) is 5.75 Å². The fourth-order valence-electron chi connectivity index (χ4n) is 3.06. The Morgan fingerprint density at radius 1 is 0.867 bits per heavy atom. The molecule has 0 saturated carbocycles. The molecule has 150 valence electrons. The number of benzene rings is 3. The van der Waals surface area contributed by atoms with Gasteiger partial charge in [0.1, 0.15) is 18.1 Å². The Morgan fingerprint density at radius 3 is 2.27 bits per heavy atom. The number of hydrogen-bond donors (Lipinski definition) is 1. The molecule has 1 aliphatic heterocycles. The molecule has 0 radical (unpaired) electrons. The second-order valence-corrected chi connectivity index (χ2v) is 7.29. The molecule has 1 N–H and O–H groups in total. The normalized spacial score (nSPS) is 14.8. The Labute approximate surface area is 179 Å². The first-order valence-corrected chi connectivity index (χ1v) is 9.82. The summed E-state index contributed by atoms with van der Waals surface area (Å²) in [5.74, 6) is 0.367. The zero-order chi connectivity index (χ0) is 20.9. The van der Waals surface area contributed by atoms with E-state index in [4.69, 9.17) is 16.3 Å². The van der Waals surface area contributed by atoms with Crippen LogP contribution in [0.5, 0.6) is 5.75 Å². The van der Waals surface area contributed by atoms with Gasteiger partial charge in [0.05, 0.1) is 6.54 Å². The van der Waals surface area contributed by atoms with Gasteiger partial charge in [0, 0.05) is 5.02 Å². The summed E-state index contributed by atoms with van der Waals surface area (Å²) < 4.78 is 5.77. The van der Waals surface area contributed by atoms with E-state index in [1.54, 1.807) is 30.3 Å². The first-order chi connectivity index (χ1) is 14.6. The number of imide groups is 1. The molecule has 3 aromatic rings. The standard InChI is InChI=1S/C24H19ClN2O3/c25-20-10-6-18(7-11-20)15-27-23(28)22(26-24(27)29)14-17-8-12-21(13-9-17)30-16-19-4-2-1-3-5-19/h1-14H,15-16H2,(H,26,29)/b22-14-. The smallest absolute Gasteiger partial charge is 0.329 e. The Kier molecular flexibility index (Phi) is 5.82. The van der Waals surface area contributed by atoms with E-state index < -0.39 is 6.03 Å². The molecule has 0 aliphatic carbocycles. The molecule has 1 aliphatic rings. The van der Waals surface area contributed by atoms with Crippen LogP contribution in [0.2, 0.25) is 5.02 Å². The zero-order valence-corrected chi connectivity index (χ0v) is 16.8. The summed E-state index contributed by atoms with van der Waals surface area (Å²) in [7, 11) is 0. The summed E-state index contributed by atoms with van der Waals surface area (Å²) in [6.07, 6.45) is 1.66. The highest BCUT2D eigenvalue weighted by Crippen LogP contribution is 2.20. The molecule has 1 heterocycles. The molecule has 4 rings (SSSR count). The minimum Gasteiger partial charge on any atom is -0.489 e. The molecule has 0 aromatic heterocycles.